The monoisotopic (exact) mass is 248 g/mol. The molecule has 0 bridgehead atoms. The van der Waals surface area contributed by atoms with E-state index in [-0.39, 0.29) is 6.10 Å². The van der Waals surface area contributed by atoms with Gasteiger partial charge in [-0.1, -0.05) is 6.42 Å². The molecule has 0 saturated carbocycles. The van der Waals surface area contributed by atoms with Crippen LogP contribution in [-0.4, -0.2) is 5.11 Å². The third-order valence-corrected chi connectivity index (χ3v) is 4.65. The lowest BCUT2D eigenvalue weighted by Gasteiger charge is -2.05. The topological polar surface area (TPSA) is 20.2 Å². The third-order valence-electron chi connectivity index (χ3n) is 3.31. The van der Waals surface area contributed by atoms with Crippen molar-refractivity contribution in [1.29, 1.82) is 0 Å². The molecule has 1 atom stereocenters. The highest BCUT2D eigenvalue weighted by Gasteiger charge is 2.16. The zero-order chi connectivity index (χ0) is 12.1. The SMILES string of the molecule is CC#CCCC(O)c1cc2c(s1)CCCCC2. The molecule has 0 aliphatic heterocycles. The summed E-state index contributed by atoms with van der Waals surface area (Å²) in [5.41, 5.74) is 1.49. The van der Waals surface area contributed by atoms with Crippen LogP contribution in [0.15, 0.2) is 6.07 Å². The summed E-state index contributed by atoms with van der Waals surface area (Å²) >= 11 is 1.82. The van der Waals surface area contributed by atoms with E-state index in [0.717, 1.165) is 17.7 Å². The highest BCUT2D eigenvalue weighted by Crippen LogP contribution is 2.33. The second kappa shape index (κ2) is 6.23. The molecule has 0 spiro atoms. The molecular formula is C15H20OS. The van der Waals surface area contributed by atoms with Crippen LogP contribution in [0.4, 0.5) is 0 Å². The Bertz CT molecular complexity index is 398. The van der Waals surface area contributed by atoms with Crippen LogP contribution < -0.4 is 0 Å². The Hall–Kier alpha value is -0.780. The van der Waals surface area contributed by atoms with Gasteiger partial charge in [-0.15, -0.1) is 23.2 Å². The molecule has 1 heterocycles. The molecule has 0 fully saturated rings. The van der Waals surface area contributed by atoms with E-state index in [1.807, 2.05) is 18.3 Å². The first kappa shape index (κ1) is 12.7. The first-order chi connectivity index (χ1) is 8.31. The number of hydrogen-bond acceptors (Lipinski definition) is 2. The maximum atomic E-state index is 10.1. The zero-order valence-electron chi connectivity index (χ0n) is 10.5. The molecule has 0 amide bonds. The van der Waals surface area contributed by atoms with Gasteiger partial charge in [-0.2, -0.15) is 0 Å². The predicted molar refractivity (Wildman–Crippen MR) is 73.2 cm³/mol. The van der Waals surface area contributed by atoms with Crippen LogP contribution in [0.25, 0.3) is 0 Å². The average molecular weight is 248 g/mol. The van der Waals surface area contributed by atoms with E-state index >= 15 is 0 Å². The van der Waals surface area contributed by atoms with E-state index < -0.39 is 0 Å². The Balaban J connectivity index is 2.03. The fraction of sp³-hybridized carbons (Fsp3) is 0.600. The molecular weight excluding hydrogens is 228 g/mol. The minimum absolute atomic E-state index is 0.312. The lowest BCUT2D eigenvalue weighted by molar-refractivity contribution is 0.173. The van der Waals surface area contributed by atoms with E-state index in [1.54, 1.807) is 0 Å². The summed E-state index contributed by atoms with van der Waals surface area (Å²) in [5.74, 6) is 5.89. The second-order valence-corrected chi connectivity index (χ2v) is 5.81. The van der Waals surface area contributed by atoms with Gasteiger partial charge in [0.25, 0.3) is 0 Å². The first-order valence-corrected chi connectivity index (χ1v) is 7.32. The molecule has 1 aromatic heterocycles. The minimum atomic E-state index is -0.312. The molecule has 2 rings (SSSR count). The van der Waals surface area contributed by atoms with E-state index in [4.69, 9.17) is 0 Å². The van der Waals surface area contributed by atoms with E-state index in [2.05, 4.69) is 17.9 Å². The molecule has 0 saturated heterocycles. The fourth-order valence-electron chi connectivity index (χ4n) is 2.33. The molecule has 1 nitrogen and oxygen atoms in total. The Morgan fingerprint density at radius 1 is 1.35 bits per heavy atom. The summed E-state index contributed by atoms with van der Waals surface area (Å²) in [6, 6.07) is 2.23. The highest BCUT2D eigenvalue weighted by molar-refractivity contribution is 7.12. The molecule has 0 aromatic carbocycles. The highest BCUT2D eigenvalue weighted by atomic mass is 32.1. The number of aryl methyl sites for hydroxylation is 2. The van der Waals surface area contributed by atoms with Crippen molar-refractivity contribution in [2.45, 2.75) is 58.0 Å². The van der Waals surface area contributed by atoms with Crippen molar-refractivity contribution in [3.63, 3.8) is 0 Å². The summed E-state index contributed by atoms with van der Waals surface area (Å²) in [5, 5.41) is 10.1. The second-order valence-electron chi connectivity index (χ2n) is 4.64. The average Bonchev–Trinajstić information content (AvgIpc) is 2.61. The minimum Gasteiger partial charge on any atom is -0.388 e. The molecule has 1 unspecified atom stereocenters. The first-order valence-electron chi connectivity index (χ1n) is 6.50. The normalized spacial score (nSPS) is 16.6. The molecule has 0 radical (unpaired) electrons. The van der Waals surface area contributed by atoms with Gasteiger partial charge in [0.15, 0.2) is 0 Å². The van der Waals surface area contributed by atoms with Crippen molar-refractivity contribution in [2.24, 2.45) is 0 Å². The van der Waals surface area contributed by atoms with Crippen LogP contribution in [0, 0.1) is 11.8 Å². The maximum absolute atomic E-state index is 10.1. The van der Waals surface area contributed by atoms with Crippen molar-refractivity contribution in [1.82, 2.24) is 0 Å². The molecule has 1 N–H and O–H groups in total. The molecule has 1 aliphatic rings. The number of fused-ring (bicyclic) bond motifs is 1. The van der Waals surface area contributed by atoms with Crippen molar-refractivity contribution in [2.75, 3.05) is 0 Å². The fourth-order valence-corrected chi connectivity index (χ4v) is 3.61. The largest absolute Gasteiger partial charge is 0.388 e. The van der Waals surface area contributed by atoms with Crippen molar-refractivity contribution in [3.05, 3.63) is 21.4 Å². The van der Waals surface area contributed by atoms with Gasteiger partial charge in [0.1, 0.15) is 0 Å². The van der Waals surface area contributed by atoms with Crippen LogP contribution in [0.5, 0.6) is 0 Å². The van der Waals surface area contributed by atoms with Crippen LogP contribution in [0.2, 0.25) is 0 Å². The number of aliphatic hydroxyl groups excluding tert-OH is 1. The van der Waals surface area contributed by atoms with E-state index in [9.17, 15) is 5.11 Å². The molecule has 1 aliphatic carbocycles. The molecule has 17 heavy (non-hydrogen) atoms. The van der Waals surface area contributed by atoms with Crippen LogP contribution in [-0.2, 0) is 12.8 Å². The van der Waals surface area contributed by atoms with Crippen molar-refractivity contribution >= 4 is 11.3 Å². The van der Waals surface area contributed by atoms with Gasteiger partial charge < -0.3 is 5.11 Å². The lowest BCUT2D eigenvalue weighted by atomic mass is 10.1. The van der Waals surface area contributed by atoms with E-state index in [0.29, 0.717) is 0 Å². The summed E-state index contributed by atoms with van der Waals surface area (Å²) in [7, 11) is 0. The van der Waals surface area contributed by atoms with Gasteiger partial charge in [0, 0.05) is 16.2 Å². The zero-order valence-corrected chi connectivity index (χ0v) is 11.3. The molecule has 92 valence electrons. The van der Waals surface area contributed by atoms with Crippen LogP contribution in [0.1, 0.15) is 60.4 Å². The molecule has 1 aromatic rings. The molecule has 2 heteroatoms. The van der Waals surface area contributed by atoms with Crippen molar-refractivity contribution < 1.29 is 5.11 Å². The van der Waals surface area contributed by atoms with Crippen LogP contribution >= 0.6 is 11.3 Å². The van der Waals surface area contributed by atoms with Gasteiger partial charge in [-0.25, -0.2) is 0 Å². The summed E-state index contributed by atoms with van der Waals surface area (Å²) in [4.78, 5) is 2.66. The number of thiophene rings is 1. The maximum Gasteiger partial charge on any atom is 0.0891 e. The third kappa shape index (κ3) is 3.34. The van der Waals surface area contributed by atoms with Gasteiger partial charge in [0.05, 0.1) is 6.10 Å². The Kier molecular flexibility index (Phi) is 4.65. The van der Waals surface area contributed by atoms with Gasteiger partial charge in [-0.05, 0) is 50.7 Å². The number of rotatable bonds is 3. The number of aliphatic hydroxyl groups is 1. The standard InChI is InChI=1S/C15H20OS/c1-2-3-5-9-13(16)15-11-12-8-6-4-7-10-14(12)17-15/h11,13,16H,4-10H2,1H3. The Morgan fingerprint density at radius 3 is 3.00 bits per heavy atom. The quantitative estimate of drug-likeness (QED) is 0.636. The van der Waals surface area contributed by atoms with Gasteiger partial charge in [0.2, 0.25) is 0 Å². The summed E-state index contributed by atoms with van der Waals surface area (Å²) in [6.45, 7) is 1.85. The van der Waals surface area contributed by atoms with Gasteiger partial charge in [-0.3, -0.25) is 0 Å². The predicted octanol–water partition coefficient (Wildman–Crippen LogP) is 3.85. The Morgan fingerprint density at radius 2 is 2.18 bits per heavy atom. The Labute approximate surface area is 108 Å². The van der Waals surface area contributed by atoms with Gasteiger partial charge >= 0.3 is 0 Å². The van der Waals surface area contributed by atoms with Crippen LogP contribution in [0.3, 0.4) is 0 Å². The summed E-state index contributed by atoms with van der Waals surface area (Å²) in [6.07, 6.45) is 7.62. The van der Waals surface area contributed by atoms with Crippen molar-refractivity contribution in [3.8, 4) is 11.8 Å². The number of hydrogen-bond donors (Lipinski definition) is 1. The lowest BCUT2D eigenvalue weighted by Crippen LogP contribution is -1.93. The van der Waals surface area contributed by atoms with E-state index in [1.165, 1.54) is 42.5 Å². The smallest absolute Gasteiger partial charge is 0.0891 e. The summed E-state index contributed by atoms with van der Waals surface area (Å²) < 4.78 is 0.